The highest BCUT2D eigenvalue weighted by atomic mass is 31.2. The van der Waals surface area contributed by atoms with Gasteiger partial charge in [-0.3, -0.25) is 14.2 Å². The van der Waals surface area contributed by atoms with Crippen LogP contribution in [0.25, 0.3) is 0 Å². The second-order valence-electron chi connectivity index (χ2n) is 16.4. The molecule has 2 N–H and O–H groups in total. The fraction of sp³-hybridized carbons (Fsp3) is 0.708. The average molecular weight is 866 g/mol. The predicted molar refractivity (Wildman–Crippen MR) is 243 cm³/mol. The standard InChI is InChI=1S/C48H84NO10P/c1-6-8-10-11-12-13-14-15-16-17-18-19-23-26-32-38-47(52)56-42-46(43-58-60(54,55)57-41-40-49(3,4)5)59-48(53)39-33-27-31-37-45(51)36-30-25-22-20-21-24-29-35-44(50)34-28-9-7-2/h9,21-22,24-25,28-31,35-37,44-46,50-51H,6-8,10-20,23,26-27,32-34,38-43H2,1-5H3/b24-21-,25-22-,28-9-,35-29+,36-30+,37-31-/t44-,45-,46+/m0/s1. The van der Waals surface area contributed by atoms with Crippen LogP contribution in [-0.4, -0.2) is 92.5 Å². The molecule has 0 aromatic carbocycles. The van der Waals surface area contributed by atoms with Crippen LogP contribution in [0.2, 0.25) is 0 Å². The number of carbonyl (C=O) groups is 2. The minimum Gasteiger partial charge on any atom is -0.756 e. The molecule has 0 saturated carbocycles. The number of phosphoric acid groups is 1. The van der Waals surface area contributed by atoms with Crippen LogP contribution in [0.5, 0.6) is 0 Å². The summed E-state index contributed by atoms with van der Waals surface area (Å²) in [6, 6.07) is 0. The maximum atomic E-state index is 12.7. The minimum atomic E-state index is -4.68. The van der Waals surface area contributed by atoms with E-state index >= 15 is 0 Å². The van der Waals surface area contributed by atoms with Gasteiger partial charge < -0.3 is 38.1 Å². The molecule has 11 nitrogen and oxygen atoms in total. The van der Waals surface area contributed by atoms with E-state index in [2.05, 4.69) is 13.8 Å². The van der Waals surface area contributed by atoms with Crippen molar-refractivity contribution >= 4 is 19.8 Å². The van der Waals surface area contributed by atoms with E-state index in [4.69, 9.17) is 18.5 Å². The van der Waals surface area contributed by atoms with Crippen molar-refractivity contribution < 1.29 is 52.3 Å². The number of carbonyl (C=O) groups excluding carboxylic acids is 2. The van der Waals surface area contributed by atoms with Gasteiger partial charge in [0.15, 0.2) is 6.10 Å². The Hall–Kier alpha value is -2.63. The van der Waals surface area contributed by atoms with Crippen LogP contribution >= 0.6 is 7.82 Å². The lowest BCUT2D eigenvalue weighted by Gasteiger charge is -2.28. The Balaban J connectivity index is 4.60. The number of hydrogen-bond acceptors (Lipinski definition) is 10. The number of phosphoric ester groups is 1. The SMILES string of the molecule is CC/C=C\C[C@H](O)/C=C/C=C\C/C=C\C=C\[C@H](O)/C=C\CCCC(=O)O[C@H](COC(=O)CCCCCCCCCCCCCCCCC)COP(=O)([O-])OCC[N+](C)(C)C. The van der Waals surface area contributed by atoms with Crippen molar-refractivity contribution in [3.8, 4) is 0 Å². The predicted octanol–water partition coefficient (Wildman–Crippen LogP) is 10.3. The van der Waals surface area contributed by atoms with E-state index in [0.29, 0.717) is 43.1 Å². The molecule has 0 aromatic rings. The van der Waals surface area contributed by atoms with E-state index in [1.807, 2.05) is 63.7 Å². The first-order valence-corrected chi connectivity index (χ1v) is 24.3. The summed E-state index contributed by atoms with van der Waals surface area (Å²) in [7, 11) is 1.03. The summed E-state index contributed by atoms with van der Waals surface area (Å²) >= 11 is 0. The molecule has 0 aliphatic rings. The van der Waals surface area contributed by atoms with Gasteiger partial charge in [-0.2, -0.15) is 0 Å². The molecule has 0 amide bonds. The van der Waals surface area contributed by atoms with Crippen molar-refractivity contribution in [1.29, 1.82) is 0 Å². The van der Waals surface area contributed by atoms with Gasteiger partial charge in [-0.15, -0.1) is 0 Å². The second kappa shape index (κ2) is 39.2. The van der Waals surface area contributed by atoms with Crippen molar-refractivity contribution in [1.82, 2.24) is 0 Å². The fourth-order valence-corrected chi connectivity index (χ4v) is 6.53. The zero-order valence-corrected chi connectivity index (χ0v) is 39.0. The van der Waals surface area contributed by atoms with Crippen molar-refractivity contribution in [3.05, 3.63) is 72.9 Å². The third kappa shape index (κ3) is 42.1. The van der Waals surface area contributed by atoms with Gasteiger partial charge in [0.1, 0.15) is 19.8 Å². The van der Waals surface area contributed by atoms with Crippen LogP contribution in [0.1, 0.15) is 155 Å². The van der Waals surface area contributed by atoms with Crippen LogP contribution < -0.4 is 4.89 Å². The first-order valence-electron chi connectivity index (χ1n) is 22.9. The minimum absolute atomic E-state index is 0.0369. The Morgan fingerprint density at radius 2 is 1.22 bits per heavy atom. The molecule has 4 atom stereocenters. The summed E-state index contributed by atoms with van der Waals surface area (Å²) in [4.78, 5) is 37.6. The molecular weight excluding hydrogens is 781 g/mol. The third-order valence-corrected chi connectivity index (χ3v) is 10.4. The van der Waals surface area contributed by atoms with Gasteiger partial charge in [0.25, 0.3) is 7.82 Å². The molecule has 12 heteroatoms. The van der Waals surface area contributed by atoms with E-state index in [1.165, 1.54) is 70.6 Å². The largest absolute Gasteiger partial charge is 0.756 e. The van der Waals surface area contributed by atoms with Crippen molar-refractivity contribution in [2.45, 2.75) is 173 Å². The number of rotatable bonds is 40. The van der Waals surface area contributed by atoms with E-state index in [0.717, 1.165) is 25.7 Å². The Morgan fingerprint density at radius 3 is 1.80 bits per heavy atom. The normalized spacial score (nSPS) is 15.3. The lowest BCUT2D eigenvalue weighted by Crippen LogP contribution is -2.37. The zero-order chi connectivity index (χ0) is 44.6. The van der Waals surface area contributed by atoms with Gasteiger partial charge in [-0.1, -0.05) is 177 Å². The summed E-state index contributed by atoms with van der Waals surface area (Å²) in [5.74, 6) is -1.02. The lowest BCUT2D eigenvalue weighted by molar-refractivity contribution is -0.870. The summed E-state index contributed by atoms with van der Waals surface area (Å²) < 4.78 is 33.7. The Labute approximate surface area is 364 Å². The number of esters is 2. The number of aliphatic hydroxyl groups excluding tert-OH is 2. The Bertz CT molecular complexity index is 1290. The number of nitrogens with zero attached hydrogens (tertiary/aromatic N) is 1. The van der Waals surface area contributed by atoms with Crippen molar-refractivity contribution in [2.75, 3.05) is 47.5 Å². The summed E-state index contributed by atoms with van der Waals surface area (Å²) in [6.45, 7) is 3.80. The molecule has 0 rings (SSSR count). The molecule has 0 radical (unpaired) electrons. The van der Waals surface area contributed by atoms with Gasteiger partial charge in [-0.05, 0) is 38.5 Å². The van der Waals surface area contributed by atoms with Crippen LogP contribution in [0, 0.1) is 0 Å². The maximum Gasteiger partial charge on any atom is 0.306 e. The highest BCUT2D eigenvalue weighted by Crippen LogP contribution is 2.38. The molecule has 0 fully saturated rings. The number of allylic oxidation sites excluding steroid dienone is 8. The highest BCUT2D eigenvalue weighted by molar-refractivity contribution is 7.45. The highest BCUT2D eigenvalue weighted by Gasteiger charge is 2.21. The van der Waals surface area contributed by atoms with Crippen LogP contribution in [0.3, 0.4) is 0 Å². The van der Waals surface area contributed by atoms with Crippen LogP contribution in [0.4, 0.5) is 0 Å². The molecule has 0 bridgehead atoms. The third-order valence-electron chi connectivity index (χ3n) is 9.42. The molecule has 0 aromatic heterocycles. The summed E-state index contributed by atoms with van der Waals surface area (Å²) in [6.07, 6.45) is 41.5. The van der Waals surface area contributed by atoms with E-state index in [1.54, 1.807) is 30.4 Å². The molecular formula is C48H84NO10P. The first kappa shape index (κ1) is 57.4. The van der Waals surface area contributed by atoms with Crippen molar-refractivity contribution in [3.63, 3.8) is 0 Å². The molecule has 0 aliphatic carbocycles. The second-order valence-corrected chi connectivity index (χ2v) is 17.9. The fourth-order valence-electron chi connectivity index (χ4n) is 5.81. The Morgan fingerprint density at radius 1 is 0.650 bits per heavy atom. The molecule has 0 heterocycles. The topological polar surface area (TPSA) is 152 Å². The molecule has 0 spiro atoms. The quantitative estimate of drug-likeness (QED) is 0.0152. The molecule has 1 unspecified atom stereocenters. The van der Waals surface area contributed by atoms with Gasteiger partial charge in [-0.25, -0.2) is 0 Å². The molecule has 0 aliphatic heterocycles. The number of quaternary nitrogens is 1. The Kier molecular flexibility index (Phi) is 37.5. The van der Waals surface area contributed by atoms with E-state index in [-0.39, 0.29) is 26.1 Å². The van der Waals surface area contributed by atoms with Gasteiger partial charge >= 0.3 is 11.9 Å². The molecule has 346 valence electrons. The maximum absolute atomic E-state index is 12.7. The number of aliphatic hydroxyl groups is 2. The first-order chi connectivity index (χ1) is 28.8. The molecule has 60 heavy (non-hydrogen) atoms. The smallest absolute Gasteiger partial charge is 0.306 e. The average Bonchev–Trinajstić information content (AvgIpc) is 3.19. The number of unbranched alkanes of at least 4 members (excludes halogenated alkanes) is 15. The van der Waals surface area contributed by atoms with Crippen LogP contribution in [0.15, 0.2) is 72.9 Å². The van der Waals surface area contributed by atoms with Gasteiger partial charge in [0.05, 0.1) is 40.0 Å². The number of likely N-dealkylation sites (N-methyl/N-ethyl adjacent to an activating group) is 1. The summed E-state index contributed by atoms with van der Waals surface area (Å²) in [5.41, 5.74) is 0. The van der Waals surface area contributed by atoms with Crippen molar-refractivity contribution in [2.24, 2.45) is 0 Å². The lowest BCUT2D eigenvalue weighted by atomic mass is 10.0. The monoisotopic (exact) mass is 866 g/mol. The van der Waals surface area contributed by atoms with Crippen LogP contribution in [-0.2, 0) is 32.7 Å². The van der Waals surface area contributed by atoms with Gasteiger partial charge in [0, 0.05) is 12.8 Å². The van der Waals surface area contributed by atoms with E-state index in [9.17, 15) is 29.3 Å². The zero-order valence-electron chi connectivity index (χ0n) is 38.1. The van der Waals surface area contributed by atoms with Gasteiger partial charge in [0.2, 0.25) is 0 Å². The van der Waals surface area contributed by atoms with E-state index < -0.39 is 44.7 Å². The molecule has 0 saturated heterocycles. The number of ether oxygens (including phenoxy) is 2. The number of hydrogen-bond donors (Lipinski definition) is 2. The summed E-state index contributed by atoms with van der Waals surface area (Å²) in [5, 5.41) is 20.0.